The predicted octanol–water partition coefficient (Wildman–Crippen LogP) is 1.39. The highest BCUT2D eigenvalue weighted by Crippen LogP contribution is 2.16. The van der Waals surface area contributed by atoms with Crippen molar-refractivity contribution < 1.29 is 4.79 Å². The van der Waals surface area contributed by atoms with E-state index in [1.165, 1.54) is 0 Å². The molecule has 12 heavy (non-hydrogen) atoms. The summed E-state index contributed by atoms with van der Waals surface area (Å²) >= 11 is 0. The molecule has 0 N–H and O–H groups in total. The molecule has 0 unspecified atom stereocenters. The summed E-state index contributed by atoms with van der Waals surface area (Å²) in [5.41, 5.74) is 1.70. The van der Waals surface area contributed by atoms with E-state index in [-0.39, 0.29) is 0 Å². The second kappa shape index (κ2) is 2.44. The highest BCUT2D eigenvalue weighted by molar-refractivity contribution is 5.97. The van der Waals surface area contributed by atoms with Crippen LogP contribution in [0.3, 0.4) is 0 Å². The average molecular weight is 160 g/mol. The van der Waals surface area contributed by atoms with E-state index in [1.54, 1.807) is 18.6 Å². The van der Waals surface area contributed by atoms with Crippen LogP contribution in [-0.4, -0.2) is 15.8 Å². The van der Waals surface area contributed by atoms with Gasteiger partial charge in [0.25, 0.3) is 0 Å². The zero-order valence-electron chi connectivity index (χ0n) is 6.69. The van der Waals surface area contributed by atoms with Crippen molar-refractivity contribution in [3.8, 4) is 0 Å². The summed E-state index contributed by atoms with van der Waals surface area (Å²) in [6.07, 6.45) is 6.11. The number of aromatic nitrogens is 2. The minimum absolute atomic E-state index is 0.718. The standard InChI is InChI=1S/C9H8N2O/c1-11-5-7(6-12)8-2-3-10-4-9(8)11/h2-6H,1H3. The van der Waals surface area contributed by atoms with Crippen molar-refractivity contribution in [2.45, 2.75) is 0 Å². The molecule has 0 bridgehead atoms. The van der Waals surface area contributed by atoms with Crippen LogP contribution < -0.4 is 0 Å². The molecule has 3 nitrogen and oxygen atoms in total. The van der Waals surface area contributed by atoms with E-state index in [9.17, 15) is 4.79 Å². The normalized spacial score (nSPS) is 10.4. The SMILES string of the molecule is Cn1cc(C=O)c2ccncc21. The first-order valence-corrected chi connectivity index (χ1v) is 3.67. The summed E-state index contributed by atoms with van der Waals surface area (Å²) in [5, 5.41) is 0.961. The minimum atomic E-state index is 0.718. The fourth-order valence-electron chi connectivity index (χ4n) is 1.35. The van der Waals surface area contributed by atoms with Gasteiger partial charge in [-0.15, -0.1) is 0 Å². The Morgan fingerprint density at radius 2 is 2.42 bits per heavy atom. The molecular formula is C9H8N2O. The Balaban J connectivity index is 2.91. The van der Waals surface area contributed by atoms with E-state index in [1.807, 2.05) is 17.7 Å². The third kappa shape index (κ3) is 0.830. The number of hydrogen-bond acceptors (Lipinski definition) is 2. The molecule has 0 saturated carbocycles. The van der Waals surface area contributed by atoms with Gasteiger partial charge in [-0.3, -0.25) is 9.78 Å². The Morgan fingerprint density at radius 1 is 1.58 bits per heavy atom. The summed E-state index contributed by atoms with van der Waals surface area (Å²) in [6.45, 7) is 0. The molecule has 2 rings (SSSR count). The number of nitrogens with zero attached hydrogens (tertiary/aromatic N) is 2. The lowest BCUT2D eigenvalue weighted by Crippen LogP contribution is -1.83. The first-order valence-electron chi connectivity index (χ1n) is 3.67. The van der Waals surface area contributed by atoms with Gasteiger partial charge in [-0.2, -0.15) is 0 Å². The van der Waals surface area contributed by atoms with Gasteiger partial charge in [0.2, 0.25) is 0 Å². The third-order valence-electron chi connectivity index (χ3n) is 1.95. The summed E-state index contributed by atoms with van der Waals surface area (Å²) in [5.74, 6) is 0. The summed E-state index contributed by atoms with van der Waals surface area (Å²) in [7, 11) is 1.90. The van der Waals surface area contributed by atoms with Crippen molar-refractivity contribution in [3.63, 3.8) is 0 Å². The Bertz CT molecular complexity index is 431. The second-order valence-electron chi connectivity index (χ2n) is 2.71. The smallest absolute Gasteiger partial charge is 0.152 e. The largest absolute Gasteiger partial charge is 0.349 e. The minimum Gasteiger partial charge on any atom is -0.349 e. The van der Waals surface area contributed by atoms with Crippen LogP contribution >= 0.6 is 0 Å². The monoisotopic (exact) mass is 160 g/mol. The number of aldehydes is 1. The molecule has 0 atom stereocenters. The first-order chi connectivity index (χ1) is 5.83. The van der Waals surface area contributed by atoms with E-state index in [0.29, 0.717) is 0 Å². The van der Waals surface area contributed by atoms with Gasteiger partial charge in [-0.25, -0.2) is 0 Å². The molecule has 2 heterocycles. The van der Waals surface area contributed by atoms with Crippen molar-refractivity contribution in [2.75, 3.05) is 0 Å². The molecule has 2 aromatic heterocycles. The van der Waals surface area contributed by atoms with Crippen LogP contribution in [0.25, 0.3) is 10.9 Å². The van der Waals surface area contributed by atoms with Crippen LogP contribution in [0.4, 0.5) is 0 Å². The number of pyridine rings is 1. The van der Waals surface area contributed by atoms with Crippen LogP contribution in [-0.2, 0) is 7.05 Å². The van der Waals surface area contributed by atoms with Gasteiger partial charge >= 0.3 is 0 Å². The molecule has 0 saturated heterocycles. The molecule has 2 aromatic rings. The Kier molecular flexibility index (Phi) is 1.43. The molecule has 3 heteroatoms. The van der Waals surface area contributed by atoms with Crippen LogP contribution in [0, 0.1) is 0 Å². The molecule has 0 radical (unpaired) electrons. The third-order valence-corrected chi connectivity index (χ3v) is 1.95. The number of hydrogen-bond donors (Lipinski definition) is 0. The summed E-state index contributed by atoms with van der Waals surface area (Å²) in [6, 6.07) is 1.85. The molecule has 60 valence electrons. The summed E-state index contributed by atoms with van der Waals surface area (Å²) < 4.78 is 1.89. The number of carbonyl (C=O) groups excluding carboxylic acids is 1. The first kappa shape index (κ1) is 7.03. The fraction of sp³-hybridized carbons (Fsp3) is 0.111. The highest BCUT2D eigenvalue weighted by Gasteiger charge is 2.03. The van der Waals surface area contributed by atoms with Crippen LogP contribution in [0.15, 0.2) is 24.7 Å². The van der Waals surface area contributed by atoms with Gasteiger partial charge in [0, 0.05) is 30.4 Å². The Labute approximate surface area is 69.6 Å². The van der Waals surface area contributed by atoms with E-state index in [4.69, 9.17) is 0 Å². The lowest BCUT2D eigenvalue weighted by Gasteiger charge is -1.91. The van der Waals surface area contributed by atoms with Gasteiger partial charge in [0.1, 0.15) is 0 Å². The Morgan fingerprint density at radius 3 is 3.17 bits per heavy atom. The fourth-order valence-corrected chi connectivity index (χ4v) is 1.35. The zero-order valence-corrected chi connectivity index (χ0v) is 6.69. The highest BCUT2D eigenvalue weighted by atomic mass is 16.1. The molecular weight excluding hydrogens is 152 g/mol. The number of rotatable bonds is 1. The van der Waals surface area contributed by atoms with E-state index < -0.39 is 0 Å². The van der Waals surface area contributed by atoms with Crippen LogP contribution in [0.1, 0.15) is 10.4 Å². The topological polar surface area (TPSA) is 34.9 Å². The molecule has 0 aliphatic rings. The maximum Gasteiger partial charge on any atom is 0.152 e. The van der Waals surface area contributed by atoms with Gasteiger partial charge < -0.3 is 4.57 Å². The van der Waals surface area contributed by atoms with Crippen LogP contribution in [0.5, 0.6) is 0 Å². The predicted molar refractivity (Wildman–Crippen MR) is 46.1 cm³/mol. The number of fused-ring (bicyclic) bond motifs is 1. The van der Waals surface area contributed by atoms with Crippen molar-refractivity contribution in [1.82, 2.24) is 9.55 Å². The quantitative estimate of drug-likeness (QED) is 0.591. The molecule has 0 spiro atoms. The Hall–Kier alpha value is -1.64. The maximum absolute atomic E-state index is 10.6. The maximum atomic E-state index is 10.6. The van der Waals surface area contributed by atoms with Crippen molar-refractivity contribution >= 4 is 17.2 Å². The lowest BCUT2D eigenvalue weighted by atomic mass is 10.2. The van der Waals surface area contributed by atoms with Gasteiger partial charge in [-0.05, 0) is 6.07 Å². The zero-order chi connectivity index (χ0) is 8.55. The average Bonchev–Trinajstić information content (AvgIpc) is 2.44. The molecule has 0 fully saturated rings. The van der Waals surface area contributed by atoms with Crippen LogP contribution in [0.2, 0.25) is 0 Å². The molecule has 0 aliphatic heterocycles. The van der Waals surface area contributed by atoms with Crippen molar-refractivity contribution in [1.29, 1.82) is 0 Å². The number of aryl methyl sites for hydroxylation is 1. The molecule has 0 aromatic carbocycles. The van der Waals surface area contributed by atoms with Gasteiger partial charge in [0.15, 0.2) is 6.29 Å². The van der Waals surface area contributed by atoms with Gasteiger partial charge in [0.05, 0.1) is 11.7 Å². The molecule has 0 amide bonds. The van der Waals surface area contributed by atoms with Crippen molar-refractivity contribution in [2.24, 2.45) is 7.05 Å². The van der Waals surface area contributed by atoms with Gasteiger partial charge in [-0.1, -0.05) is 0 Å². The van der Waals surface area contributed by atoms with E-state index in [0.717, 1.165) is 22.8 Å². The van der Waals surface area contributed by atoms with E-state index in [2.05, 4.69) is 4.98 Å². The van der Waals surface area contributed by atoms with E-state index >= 15 is 0 Å². The molecule has 0 aliphatic carbocycles. The van der Waals surface area contributed by atoms with Crippen molar-refractivity contribution in [3.05, 3.63) is 30.2 Å². The second-order valence-corrected chi connectivity index (χ2v) is 2.71. The number of carbonyl (C=O) groups is 1. The summed E-state index contributed by atoms with van der Waals surface area (Å²) in [4.78, 5) is 14.6. The lowest BCUT2D eigenvalue weighted by molar-refractivity contribution is 0.112.